The van der Waals surface area contributed by atoms with Crippen LogP contribution in [0.25, 0.3) is 0 Å². The highest BCUT2D eigenvalue weighted by atomic mass is 28.3. The van der Waals surface area contributed by atoms with Gasteiger partial charge in [-0.25, -0.2) is 9.59 Å². The van der Waals surface area contributed by atoms with Gasteiger partial charge in [-0.2, -0.15) is 0 Å². The van der Waals surface area contributed by atoms with Gasteiger partial charge in [-0.05, 0) is 30.7 Å². The molecule has 2 aromatic rings. The molecule has 0 spiro atoms. The molecule has 0 amide bonds. The Balaban J connectivity index is 1.99. The van der Waals surface area contributed by atoms with Crippen LogP contribution in [-0.2, 0) is 19.6 Å². The highest BCUT2D eigenvalue weighted by molar-refractivity contribution is 6.99. The quantitative estimate of drug-likeness (QED) is 0.129. The van der Waals surface area contributed by atoms with E-state index in [1.807, 2.05) is 54.0 Å². The van der Waals surface area contributed by atoms with Crippen molar-refractivity contribution in [2.45, 2.75) is 45.6 Å². The van der Waals surface area contributed by atoms with Crippen LogP contribution in [0.2, 0.25) is 13.1 Å². The molecule has 6 nitrogen and oxygen atoms in total. The summed E-state index contributed by atoms with van der Waals surface area (Å²) in [6.07, 6.45) is 0.849. The molecular formula is C29H36O6Si2. The monoisotopic (exact) mass is 536 g/mol. The first-order valence-electron chi connectivity index (χ1n) is 12.2. The van der Waals surface area contributed by atoms with Gasteiger partial charge in [0.25, 0.3) is 0 Å². The van der Waals surface area contributed by atoms with Crippen molar-refractivity contribution in [1.29, 1.82) is 0 Å². The molecule has 37 heavy (non-hydrogen) atoms. The van der Waals surface area contributed by atoms with E-state index in [9.17, 15) is 9.59 Å². The van der Waals surface area contributed by atoms with Crippen molar-refractivity contribution in [2.75, 3.05) is 0 Å². The first-order valence-corrected chi connectivity index (χ1v) is 17.5. The van der Waals surface area contributed by atoms with E-state index in [0.29, 0.717) is 24.0 Å². The molecule has 0 aromatic heterocycles. The summed E-state index contributed by atoms with van der Waals surface area (Å²) in [6, 6.07) is 14.1. The molecular weight excluding hydrogens is 500 g/mol. The Hall–Kier alpha value is -3.31. The molecule has 8 heteroatoms. The van der Waals surface area contributed by atoms with Crippen molar-refractivity contribution in [3.63, 3.8) is 0 Å². The molecule has 196 valence electrons. The fraction of sp³-hybridized carbons (Fsp3) is 0.241. The number of rotatable bonds is 15. The molecule has 0 N–H and O–H groups in total. The fourth-order valence-electron chi connectivity index (χ4n) is 3.34. The summed E-state index contributed by atoms with van der Waals surface area (Å²) in [7, 11) is -3.96. The Morgan fingerprint density at radius 3 is 1.38 bits per heavy atom. The van der Waals surface area contributed by atoms with E-state index in [-0.39, 0.29) is 0 Å². The lowest BCUT2D eigenvalue weighted by atomic mass is 10.2. The summed E-state index contributed by atoms with van der Waals surface area (Å²) < 4.78 is 0. The third kappa shape index (κ3) is 7.84. The third-order valence-electron chi connectivity index (χ3n) is 6.44. The van der Waals surface area contributed by atoms with Crippen LogP contribution in [0.3, 0.4) is 0 Å². The van der Waals surface area contributed by atoms with Gasteiger partial charge in [0.2, 0.25) is 6.29 Å². The maximum Gasteiger partial charge on any atom is 0.373 e. The maximum absolute atomic E-state index is 12.5. The molecule has 0 radical (unpaired) electrons. The van der Waals surface area contributed by atoms with E-state index in [4.69, 9.17) is 19.6 Å². The summed E-state index contributed by atoms with van der Waals surface area (Å²) in [5, 5.41) is 2.14. The van der Waals surface area contributed by atoms with Gasteiger partial charge in [0.1, 0.15) is 16.1 Å². The van der Waals surface area contributed by atoms with Crippen molar-refractivity contribution in [3.8, 4) is 0 Å². The second-order valence-corrected chi connectivity index (χ2v) is 17.0. The van der Waals surface area contributed by atoms with Crippen molar-refractivity contribution in [3.05, 3.63) is 109 Å². The highest BCUT2D eigenvalue weighted by Crippen LogP contribution is 2.14. The third-order valence-corrected chi connectivity index (χ3v) is 13.0. The van der Waals surface area contributed by atoms with Crippen LogP contribution in [0, 0.1) is 0 Å². The molecule has 0 aliphatic heterocycles. The Morgan fingerprint density at radius 2 is 1.08 bits per heavy atom. The summed E-state index contributed by atoms with van der Waals surface area (Å²) in [6.45, 7) is 21.8. The van der Waals surface area contributed by atoms with E-state index in [0.717, 1.165) is 16.8 Å². The lowest BCUT2D eigenvalue weighted by molar-refractivity contribution is -0.421. The molecule has 0 atom stereocenters. The van der Waals surface area contributed by atoms with Gasteiger partial charge in [-0.3, -0.25) is 9.78 Å². The van der Waals surface area contributed by atoms with E-state index in [1.165, 1.54) is 0 Å². The summed E-state index contributed by atoms with van der Waals surface area (Å²) in [4.78, 5) is 45.3. The summed E-state index contributed by atoms with van der Waals surface area (Å²) in [5.41, 5.74) is 8.31. The zero-order valence-electron chi connectivity index (χ0n) is 21.9. The topological polar surface area (TPSA) is 71.1 Å². The van der Waals surface area contributed by atoms with Crippen molar-refractivity contribution >= 4 is 38.5 Å². The van der Waals surface area contributed by atoms with Crippen LogP contribution < -0.4 is 10.4 Å². The lowest BCUT2D eigenvalue weighted by Crippen LogP contribution is -2.40. The second-order valence-electron chi connectivity index (χ2n) is 9.04. The van der Waals surface area contributed by atoms with Gasteiger partial charge in [0.15, 0.2) is 0 Å². The van der Waals surface area contributed by atoms with Gasteiger partial charge < -0.3 is 0 Å². The van der Waals surface area contributed by atoms with Crippen LogP contribution in [0.4, 0.5) is 0 Å². The highest BCUT2D eigenvalue weighted by Gasteiger charge is 2.24. The Morgan fingerprint density at radius 1 is 0.730 bits per heavy atom. The molecule has 2 rings (SSSR count). The van der Waals surface area contributed by atoms with Crippen LogP contribution in [0.15, 0.2) is 97.6 Å². The number of carbonyl (C=O) groups is 2. The number of carbonyl (C=O) groups excluding carboxylic acids is 2. The summed E-state index contributed by atoms with van der Waals surface area (Å²) in [5.74, 6) is -1.37. The Labute approximate surface area is 221 Å². The molecule has 0 fully saturated rings. The second kappa shape index (κ2) is 13.9. The molecule has 0 aliphatic carbocycles. The predicted molar refractivity (Wildman–Crippen MR) is 152 cm³/mol. The average molecular weight is 537 g/mol. The van der Waals surface area contributed by atoms with E-state index >= 15 is 0 Å². The van der Waals surface area contributed by atoms with E-state index in [1.54, 1.807) is 24.3 Å². The van der Waals surface area contributed by atoms with Crippen LogP contribution in [-0.4, -0.2) is 34.4 Å². The molecule has 2 aromatic carbocycles. The molecule has 0 aliphatic rings. The van der Waals surface area contributed by atoms with Gasteiger partial charge in [-0.1, -0.05) is 83.9 Å². The fourth-order valence-corrected chi connectivity index (χ4v) is 6.39. The SMILES string of the molecule is C=C[Si](C)(C=C)c1ccc(C(=O)OOC(CCCC)OOC(=O)c2ccc([Si](C)(C=C)C=C)cc2)cc1. The van der Waals surface area contributed by atoms with Gasteiger partial charge in [-0.15, -0.1) is 36.1 Å². The molecule has 0 saturated carbocycles. The number of hydrogen-bond donors (Lipinski definition) is 0. The van der Waals surface area contributed by atoms with Gasteiger partial charge >= 0.3 is 11.9 Å². The van der Waals surface area contributed by atoms with Crippen molar-refractivity contribution in [2.24, 2.45) is 0 Å². The Kier molecular flexibility index (Phi) is 11.2. The van der Waals surface area contributed by atoms with Gasteiger partial charge in [0.05, 0.1) is 11.1 Å². The predicted octanol–water partition coefficient (Wildman–Crippen LogP) is 5.55. The normalized spacial score (nSPS) is 11.5. The van der Waals surface area contributed by atoms with Crippen molar-refractivity contribution < 1.29 is 29.1 Å². The van der Waals surface area contributed by atoms with Crippen LogP contribution >= 0.6 is 0 Å². The maximum atomic E-state index is 12.5. The lowest BCUT2D eigenvalue weighted by Gasteiger charge is -2.19. The minimum atomic E-state index is -1.98. The van der Waals surface area contributed by atoms with E-state index < -0.39 is 34.4 Å². The van der Waals surface area contributed by atoms with Crippen molar-refractivity contribution in [1.82, 2.24) is 0 Å². The molecule has 0 saturated heterocycles. The van der Waals surface area contributed by atoms with Gasteiger partial charge in [0, 0.05) is 6.42 Å². The van der Waals surface area contributed by atoms with Crippen LogP contribution in [0.5, 0.6) is 0 Å². The molecule has 0 unspecified atom stereocenters. The standard InChI is InChI=1S/C29H36O6Si2/c1-8-13-14-27(32-34-28(30)23-15-19-25(20-16-23)36(6,9-2)10-3)33-35-29(31)24-17-21-26(22-18-24)37(7,11-4)12-5/h9-12,15-22,27H,2-5,8,13-14H2,1,6-7H3. The smallest absolute Gasteiger partial charge is 0.290 e. The van der Waals surface area contributed by atoms with E-state index in [2.05, 4.69) is 39.4 Å². The average Bonchev–Trinajstić information content (AvgIpc) is 2.95. The largest absolute Gasteiger partial charge is 0.373 e. The Bertz CT molecular complexity index is 1010. The summed E-state index contributed by atoms with van der Waals surface area (Å²) >= 11 is 0. The number of hydrogen-bond acceptors (Lipinski definition) is 6. The first kappa shape index (κ1) is 29.9. The van der Waals surface area contributed by atoms with Crippen LogP contribution in [0.1, 0.15) is 46.9 Å². The minimum Gasteiger partial charge on any atom is -0.290 e. The molecule has 0 heterocycles. The first-order chi connectivity index (χ1) is 17.7. The minimum absolute atomic E-state index is 0.314. The number of benzene rings is 2. The zero-order valence-corrected chi connectivity index (χ0v) is 23.9. The molecule has 0 bridgehead atoms. The number of unbranched alkanes of at least 4 members (excludes halogenated alkanes) is 1. The zero-order chi connectivity index (χ0) is 27.5.